The van der Waals surface area contributed by atoms with Crippen molar-refractivity contribution < 1.29 is 0 Å². The highest BCUT2D eigenvalue weighted by Gasteiger charge is 2.20. The molecule has 0 amide bonds. The van der Waals surface area contributed by atoms with Crippen LogP contribution in [-0.2, 0) is 6.54 Å². The van der Waals surface area contributed by atoms with Gasteiger partial charge >= 0.3 is 0 Å². The maximum Gasteiger partial charge on any atom is 0.0775 e. The molecule has 1 aromatic carbocycles. The SMILES string of the molecule is CCCN(Cc1ccc([Si](C)(C)C)cc1)CC(C)(C)CN. The van der Waals surface area contributed by atoms with Crippen LogP contribution in [-0.4, -0.2) is 32.6 Å². The maximum absolute atomic E-state index is 5.89. The first-order valence-corrected chi connectivity index (χ1v) is 11.7. The van der Waals surface area contributed by atoms with Gasteiger partial charge in [-0.2, -0.15) is 0 Å². The van der Waals surface area contributed by atoms with Gasteiger partial charge in [-0.3, -0.25) is 4.90 Å². The van der Waals surface area contributed by atoms with Gasteiger partial charge in [-0.1, -0.05) is 69.9 Å². The van der Waals surface area contributed by atoms with Crippen LogP contribution in [0.3, 0.4) is 0 Å². The Labute approximate surface area is 132 Å². The summed E-state index contributed by atoms with van der Waals surface area (Å²) in [4.78, 5) is 2.54. The Morgan fingerprint density at radius 1 is 1.10 bits per heavy atom. The number of nitrogens with zero attached hydrogens (tertiary/aromatic N) is 1. The first-order chi connectivity index (χ1) is 9.68. The minimum absolute atomic E-state index is 0.188. The Balaban J connectivity index is 2.75. The van der Waals surface area contributed by atoms with Crippen LogP contribution >= 0.6 is 0 Å². The third kappa shape index (κ3) is 6.33. The zero-order valence-electron chi connectivity index (χ0n) is 14.9. The van der Waals surface area contributed by atoms with Crippen molar-refractivity contribution in [3.63, 3.8) is 0 Å². The summed E-state index contributed by atoms with van der Waals surface area (Å²) in [5.41, 5.74) is 7.49. The Hall–Kier alpha value is -0.643. The van der Waals surface area contributed by atoms with Crippen molar-refractivity contribution in [1.29, 1.82) is 0 Å². The van der Waals surface area contributed by atoms with E-state index in [1.165, 1.54) is 17.2 Å². The van der Waals surface area contributed by atoms with E-state index in [9.17, 15) is 0 Å². The molecule has 1 rings (SSSR count). The molecule has 0 unspecified atom stereocenters. The van der Waals surface area contributed by atoms with Crippen molar-refractivity contribution in [2.24, 2.45) is 11.1 Å². The lowest BCUT2D eigenvalue weighted by Gasteiger charge is -2.31. The average Bonchev–Trinajstić information content (AvgIpc) is 2.38. The van der Waals surface area contributed by atoms with Gasteiger partial charge in [-0.25, -0.2) is 0 Å². The van der Waals surface area contributed by atoms with E-state index in [1.54, 1.807) is 0 Å². The molecule has 0 aliphatic carbocycles. The van der Waals surface area contributed by atoms with Crippen LogP contribution in [0.2, 0.25) is 19.6 Å². The lowest BCUT2D eigenvalue weighted by molar-refractivity contribution is 0.176. The van der Waals surface area contributed by atoms with E-state index in [0.717, 1.165) is 26.2 Å². The van der Waals surface area contributed by atoms with Crippen molar-refractivity contribution in [2.45, 2.75) is 53.4 Å². The van der Waals surface area contributed by atoms with E-state index in [2.05, 4.69) is 69.6 Å². The summed E-state index contributed by atoms with van der Waals surface area (Å²) < 4.78 is 0. The molecule has 0 fully saturated rings. The standard InChI is InChI=1S/C18H34N2Si/c1-7-12-20(15-18(2,3)14-19)13-16-8-10-17(11-9-16)21(4,5)6/h8-11H,7,12-15,19H2,1-6H3. The molecule has 21 heavy (non-hydrogen) atoms. The quantitative estimate of drug-likeness (QED) is 0.746. The van der Waals surface area contributed by atoms with Gasteiger partial charge in [-0.15, -0.1) is 0 Å². The fraction of sp³-hybridized carbons (Fsp3) is 0.667. The van der Waals surface area contributed by atoms with E-state index in [1.807, 2.05) is 0 Å². The summed E-state index contributed by atoms with van der Waals surface area (Å²) in [6.45, 7) is 17.9. The van der Waals surface area contributed by atoms with Crippen molar-refractivity contribution in [3.8, 4) is 0 Å². The van der Waals surface area contributed by atoms with E-state index >= 15 is 0 Å². The monoisotopic (exact) mass is 306 g/mol. The van der Waals surface area contributed by atoms with Gasteiger partial charge in [0.15, 0.2) is 0 Å². The van der Waals surface area contributed by atoms with E-state index in [0.29, 0.717) is 0 Å². The predicted octanol–water partition coefficient (Wildman–Crippen LogP) is 3.43. The van der Waals surface area contributed by atoms with Crippen molar-refractivity contribution in [1.82, 2.24) is 4.90 Å². The highest BCUT2D eigenvalue weighted by atomic mass is 28.3. The molecular weight excluding hydrogens is 272 g/mol. The Morgan fingerprint density at radius 2 is 1.67 bits per heavy atom. The minimum atomic E-state index is -1.19. The molecule has 0 saturated heterocycles. The number of rotatable bonds is 8. The molecule has 0 aliphatic heterocycles. The Bertz CT molecular complexity index is 418. The highest BCUT2D eigenvalue weighted by Crippen LogP contribution is 2.17. The minimum Gasteiger partial charge on any atom is -0.330 e. The average molecular weight is 307 g/mol. The maximum atomic E-state index is 5.89. The molecule has 0 radical (unpaired) electrons. The van der Waals surface area contributed by atoms with Crippen LogP contribution in [0.25, 0.3) is 0 Å². The fourth-order valence-electron chi connectivity index (χ4n) is 2.57. The Morgan fingerprint density at radius 3 is 2.10 bits per heavy atom. The molecule has 0 spiro atoms. The molecule has 0 saturated carbocycles. The topological polar surface area (TPSA) is 29.3 Å². The van der Waals surface area contributed by atoms with Gasteiger partial charge in [0.25, 0.3) is 0 Å². The highest BCUT2D eigenvalue weighted by molar-refractivity contribution is 6.88. The van der Waals surface area contributed by atoms with Crippen LogP contribution in [0, 0.1) is 5.41 Å². The van der Waals surface area contributed by atoms with Crippen molar-refractivity contribution in [2.75, 3.05) is 19.6 Å². The Kier molecular flexibility index (Phi) is 6.63. The molecule has 0 aromatic heterocycles. The van der Waals surface area contributed by atoms with Gasteiger partial charge < -0.3 is 5.73 Å². The van der Waals surface area contributed by atoms with Crippen LogP contribution in [0.15, 0.2) is 24.3 Å². The largest absolute Gasteiger partial charge is 0.330 e. The van der Waals surface area contributed by atoms with Gasteiger partial charge in [-0.05, 0) is 30.5 Å². The number of hydrogen-bond acceptors (Lipinski definition) is 2. The summed E-state index contributed by atoms with van der Waals surface area (Å²) in [5, 5.41) is 1.54. The van der Waals surface area contributed by atoms with Crippen LogP contribution in [0.1, 0.15) is 32.8 Å². The molecule has 120 valence electrons. The molecule has 2 N–H and O–H groups in total. The molecule has 0 atom stereocenters. The first-order valence-electron chi connectivity index (χ1n) is 8.20. The fourth-order valence-corrected chi connectivity index (χ4v) is 3.74. The van der Waals surface area contributed by atoms with Gasteiger partial charge in [0.1, 0.15) is 0 Å². The summed E-state index contributed by atoms with van der Waals surface area (Å²) in [7, 11) is -1.19. The van der Waals surface area contributed by atoms with Crippen LogP contribution in [0.4, 0.5) is 0 Å². The second-order valence-corrected chi connectivity index (χ2v) is 13.1. The first kappa shape index (κ1) is 18.4. The molecule has 0 heterocycles. The summed E-state index contributed by atoms with van der Waals surface area (Å²) in [6.07, 6.45) is 1.19. The predicted molar refractivity (Wildman–Crippen MR) is 97.8 cm³/mol. The zero-order chi connectivity index (χ0) is 16.1. The molecule has 0 bridgehead atoms. The number of hydrogen-bond donors (Lipinski definition) is 1. The molecular formula is C18H34N2Si. The molecule has 0 aliphatic rings. The third-order valence-electron chi connectivity index (χ3n) is 3.97. The second-order valence-electron chi connectivity index (χ2n) is 8.03. The molecule has 2 nitrogen and oxygen atoms in total. The van der Waals surface area contributed by atoms with Gasteiger partial charge in [0, 0.05) is 13.1 Å². The summed E-state index contributed by atoms with van der Waals surface area (Å²) in [6, 6.07) is 9.29. The van der Waals surface area contributed by atoms with Crippen molar-refractivity contribution >= 4 is 13.3 Å². The van der Waals surface area contributed by atoms with E-state index < -0.39 is 8.07 Å². The normalized spacial score (nSPS) is 13.0. The van der Waals surface area contributed by atoms with Crippen LogP contribution < -0.4 is 10.9 Å². The number of benzene rings is 1. The van der Waals surface area contributed by atoms with Gasteiger partial charge in [0.2, 0.25) is 0 Å². The smallest absolute Gasteiger partial charge is 0.0775 e. The van der Waals surface area contributed by atoms with Crippen molar-refractivity contribution in [3.05, 3.63) is 29.8 Å². The van der Waals surface area contributed by atoms with E-state index in [4.69, 9.17) is 5.73 Å². The third-order valence-corrected chi connectivity index (χ3v) is 6.04. The lowest BCUT2D eigenvalue weighted by atomic mass is 9.93. The lowest BCUT2D eigenvalue weighted by Crippen LogP contribution is -2.39. The molecule has 1 aromatic rings. The van der Waals surface area contributed by atoms with E-state index in [-0.39, 0.29) is 5.41 Å². The second kappa shape index (κ2) is 7.57. The summed E-state index contributed by atoms with van der Waals surface area (Å²) >= 11 is 0. The van der Waals surface area contributed by atoms with Crippen LogP contribution in [0.5, 0.6) is 0 Å². The summed E-state index contributed by atoms with van der Waals surface area (Å²) in [5.74, 6) is 0. The van der Waals surface area contributed by atoms with Gasteiger partial charge in [0.05, 0.1) is 8.07 Å². The molecule has 3 heteroatoms. The number of nitrogens with two attached hydrogens (primary N) is 1. The zero-order valence-corrected chi connectivity index (χ0v) is 15.9.